The molecule has 1 amide bonds. The van der Waals surface area contributed by atoms with E-state index in [1.165, 1.54) is 6.07 Å². The van der Waals surface area contributed by atoms with Gasteiger partial charge in [0.25, 0.3) is 0 Å². The van der Waals surface area contributed by atoms with E-state index in [-0.39, 0.29) is 24.7 Å². The lowest BCUT2D eigenvalue weighted by Gasteiger charge is -2.10. The summed E-state index contributed by atoms with van der Waals surface area (Å²) in [5.74, 6) is 0.000654. The van der Waals surface area contributed by atoms with E-state index in [4.69, 9.17) is 16.3 Å². The first-order valence-electron chi connectivity index (χ1n) is 6.42. The molecule has 5 heteroatoms. The summed E-state index contributed by atoms with van der Waals surface area (Å²) in [6, 6.07) is 11.4. The molecule has 0 aliphatic rings. The van der Waals surface area contributed by atoms with Crippen molar-refractivity contribution in [1.29, 1.82) is 0 Å². The number of halogens is 2. The zero-order valence-electron chi connectivity index (χ0n) is 11.5. The van der Waals surface area contributed by atoms with E-state index >= 15 is 0 Å². The molecule has 0 unspecified atom stereocenters. The quantitative estimate of drug-likeness (QED) is 0.920. The summed E-state index contributed by atoms with van der Waals surface area (Å²) in [5, 5.41) is 3.30. The van der Waals surface area contributed by atoms with Crippen LogP contribution in [0, 0.1) is 5.82 Å². The number of carbonyl (C=O) groups is 1. The van der Waals surface area contributed by atoms with Crippen molar-refractivity contribution in [3.63, 3.8) is 0 Å². The fourth-order valence-corrected chi connectivity index (χ4v) is 2.15. The molecule has 2 rings (SSSR count). The van der Waals surface area contributed by atoms with Crippen molar-refractivity contribution in [3.05, 3.63) is 64.4 Å². The Morgan fingerprint density at radius 3 is 2.71 bits per heavy atom. The standard InChI is InChI=1S/C16H15ClFNO2/c1-21-15-7-6-13(17)8-12(15)10-19-16(20)9-11-4-2-3-5-14(11)18/h2-8H,9-10H2,1H3,(H,19,20). The first kappa shape index (κ1) is 15.3. The monoisotopic (exact) mass is 307 g/mol. The van der Waals surface area contributed by atoms with Crippen LogP contribution >= 0.6 is 11.6 Å². The number of methoxy groups -OCH3 is 1. The van der Waals surface area contributed by atoms with Gasteiger partial charge in [-0.05, 0) is 29.8 Å². The number of hydrogen-bond acceptors (Lipinski definition) is 2. The van der Waals surface area contributed by atoms with Crippen LogP contribution < -0.4 is 10.1 Å². The van der Waals surface area contributed by atoms with E-state index in [0.29, 0.717) is 16.3 Å². The number of ether oxygens (including phenoxy) is 1. The first-order valence-corrected chi connectivity index (χ1v) is 6.80. The summed E-state index contributed by atoms with van der Waals surface area (Å²) in [5.41, 5.74) is 1.14. The summed E-state index contributed by atoms with van der Waals surface area (Å²) in [6.07, 6.45) is -0.00441. The molecule has 3 nitrogen and oxygen atoms in total. The van der Waals surface area contributed by atoms with Crippen molar-refractivity contribution in [1.82, 2.24) is 5.32 Å². The Kier molecular flexibility index (Phi) is 5.17. The minimum atomic E-state index is -0.381. The SMILES string of the molecule is COc1ccc(Cl)cc1CNC(=O)Cc1ccccc1F. The smallest absolute Gasteiger partial charge is 0.224 e. The third kappa shape index (κ3) is 4.20. The highest BCUT2D eigenvalue weighted by atomic mass is 35.5. The van der Waals surface area contributed by atoms with Crippen LogP contribution in [0.2, 0.25) is 5.02 Å². The minimum Gasteiger partial charge on any atom is -0.496 e. The summed E-state index contributed by atoms with van der Waals surface area (Å²) in [7, 11) is 1.55. The molecule has 0 aromatic heterocycles. The molecule has 0 atom stereocenters. The predicted octanol–water partition coefficient (Wildman–Crippen LogP) is 3.35. The molecular weight excluding hydrogens is 293 g/mol. The van der Waals surface area contributed by atoms with Gasteiger partial charge in [-0.1, -0.05) is 29.8 Å². The fraction of sp³-hybridized carbons (Fsp3) is 0.188. The second-order valence-electron chi connectivity index (χ2n) is 4.50. The molecular formula is C16H15ClFNO2. The summed E-state index contributed by atoms with van der Waals surface area (Å²) >= 11 is 5.92. The molecule has 0 spiro atoms. The van der Waals surface area contributed by atoms with E-state index in [2.05, 4.69) is 5.32 Å². The van der Waals surface area contributed by atoms with Gasteiger partial charge in [-0.3, -0.25) is 4.79 Å². The van der Waals surface area contributed by atoms with Crippen LogP contribution in [-0.2, 0) is 17.8 Å². The molecule has 21 heavy (non-hydrogen) atoms. The van der Waals surface area contributed by atoms with Gasteiger partial charge in [0, 0.05) is 17.1 Å². The Bertz CT molecular complexity index is 646. The lowest BCUT2D eigenvalue weighted by atomic mass is 10.1. The molecule has 0 radical (unpaired) electrons. The molecule has 0 fully saturated rings. The maximum Gasteiger partial charge on any atom is 0.224 e. The average molecular weight is 308 g/mol. The molecule has 0 bridgehead atoms. The zero-order valence-corrected chi connectivity index (χ0v) is 12.3. The van der Waals surface area contributed by atoms with Gasteiger partial charge in [0.1, 0.15) is 11.6 Å². The summed E-state index contributed by atoms with van der Waals surface area (Å²) in [4.78, 5) is 11.9. The van der Waals surface area contributed by atoms with Gasteiger partial charge in [-0.2, -0.15) is 0 Å². The third-order valence-electron chi connectivity index (χ3n) is 3.03. The topological polar surface area (TPSA) is 38.3 Å². The minimum absolute atomic E-state index is 0.00441. The van der Waals surface area contributed by atoms with Crippen LogP contribution in [0.5, 0.6) is 5.75 Å². The van der Waals surface area contributed by atoms with Crippen molar-refractivity contribution < 1.29 is 13.9 Å². The zero-order chi connectivity index (χ0) is 15.2. The predicted molar refractivity (Wildman–Crippen MR) is 80.0 cm³/mol. The second kappa shape index (κ2) is 7.09. The molecule has 0 aliphatic heterocycles. The van der Waals surface area contributed by atoms with Crippen molar-refractivity contribution in [2.45, 2.75) is 13.0 Å². The largest absolute Gasteiger partial charge is 0.496 e. The lowest BCUT2D eigenvalue weighted by Crippen LogP contribution is -2.25. The highest BCUT2D eigenvalue weighted by molar-refractivity contribution is 6.30. The van der Waals surface area contributed by atoms with Crippen molar-refractivity contribution in [2.24, 2.45) is 0 Å². The maximum atomic E-state index is 13.5. The van der Waals surface area contributed by atoms with E-state index in [0.717, 1.165) is 5.56 Å². The van der Waals surface area contributed by atoms with Crippen LogP contribution in [0.15, 0.2) is 42.5 Å². The van der Waals surface area contributed by atoms with Crippen LogP contribution in [0.25, 0.3) is 0 Å². The number of carbonyl (C=O) groups excluding carboxylic acids is 1. The van der Waals surface area contributed by atoms with Crippen LogP contribution in [0.1, 0.15) is 11.1 Å². The number of benzene rings is 2. The van der Waals surface area contributed by atoms with E-state index in [1.54, 1.807) is 43.5 Å². The van der Waals surface area contributed by atoms with Crippen LogP contribution in [-0.4, -0.2) is 13.0 Å². The van der Waals surface area contributed by atoms with Crippen molar-refractivity contribution in [3.8, 4) is 5.75 Å². The molecule has 0 saturated carbocycles. The molecule has 2 aromatic rings. The molecule has 0 saturated heterocycles. The van der Waals surface area contributed by atoms with E-state index < -0.39 is 0 Å². The summed E-state index contributed by atoms with van der Waals surface area (Å²) < 4.78 is 18.7. The first-order chi connectivity index (χ1) is 10.1. The van der Waals surface area contributed by atoms with E-state index in [1.807, 2.05) is 0 Å². The fourth-order valence-electron chi connectivity index (χ4n) is 1.96. The Labute approximate surface area is 127 Å². The van der Waals surface area contributed by atoms with Gasteiger partial charge in [0.05, 0.1) is 13.5 Å². The Balaban J connectivity index is 1.98. The Morgan fingerprint density at radius 2 is 2.00 bits per heavy atom. The summed E-state index contributed by atoms with van der Waals surface area (Å²) in [6.45, 7) is 0.275. The van der Waals surface area contributed by atoms with Crippen LogP contribution in [0.4, 0.5) is 4.39 Å². The number of hydrogen-bond donors (Lipinski definition) is 1. The number of nitrogens with one attached hydrogen (secondary N) is 1. The van der Waals surface area contributed by atoms with Crippen molar-refractivity contribution >= 4 is 17.5 Å². The van der Waals surface area contributed by atoms with E-state index in [9.17, 15) is 9.18 Å². The normalized spacial score (nSPS) is 10.2. The Morgan fingerprint density at radius 1 is 1.24 bits per heavy atom. The van der Waals surface area contributed by atoms with Gasteiger partial charge in [0.2, 0.25) is 5.91 Å². The van der Waals surface area contributed by atoms with Gasteiger partial charge in [0.15, 0.2) is 0 Å². The number of rotatable bonds is 5. The molecule has 0 heterocycles. The average Bonchev–Trinajstić information content (AvgIpc) is 2.48. The van der Waals surface area contributed by atoms with Gasteiger partial charge >= 0.3 is 0 Å². The van der Waals surface area contributed by atoms with Crippen molar-refractivity contribution in [2.75, 3.05) is 7.11 Å². The maximum absolute atomic E-state index is 13.5. The lowest BCUT2D eigenvalue weighted by molar-refractivity contribution is -0.120. The molecule has 2 aromatic carbocycles. The second-order valence-corrected chi connectivity index (χ2v) is 4.94. The van der Waals surface area contributed by atoms with Gasteiger partial charge in [-0.15, -0.1) is 0 Å². The molecule has 1 N–H and O–H groups in total. The van der Waals surface area contributed by atoms with Gasteiger partial charge < -0.3 is 10.1 Å². The molecule has 110 valence electrons. The Hall–Kier alpha value is -2.07. The highest BCUT2D eigenvalue weighted by Crippen LogP contribution is 2.22. The number of amides is 1. The third-order valence-corrected chi connectivity index (χ3v) is 3.26. The van der Waals surface area contributed by atoms with Crippen LogP contribution in [0.3, 0.4) is 0 Å². The van der Waals surface area contributed by atoms with Gasteiger partial charge in [-0.25, -0.2) is 4.39 Å². The highest BCUT2D eigenvalue weighted by Gasteiger charge is 2.09. The molecule has 0 aliphatic carbocycles.